The van der Waals surface area contributed by atoms with Crippen molar-refractivity contribution in [2.24, 2.45) is 5.92 Å². The van der Waals surface area contributed by atoms with Gasteiger partial charge in [-0.25, -0.2) is 23.4 Å². The summed E-state index contributed by atoms with van der Waals surface area (Å²) in [4.78, 5) is 16.1. The smallest absolute Gasteiger partial charge is 0.166 e. The van der Waals surface area contributed by atoms with Crippen LogP contribution < -0.4 is 10.2 Å². The van der Waals surface area contributed by atoms with Crippen molar-refractivity contribution in [1.29, 1.82) is 0 Å². The van der Waals surface area contributed by atoms with Crippen LogP contribution >= 0.6 is 11.6 Å². The summed E-state index contributed by atoms with van der Waals surface area (Å²) in [6.45, 7) is 7.23. The number of rotatable bonds is 8. The van der Waals surface area contributed by atoms with Gasteiger partial charge in [-0.1, -0.05) is 31.5 Å². The van der Waals surface area contributed by atoms with Gasteiger partial charge in [-0.15, -0.1) is 0 Å². The van der Waals surface area contributed by atoms with Crippen molar-refractivity contribution in [3.8, 4) is 11.4 Å². The van der Waals surface area contributed by atoms with Gasteiger partial charge in [0, 0.05) is 68.1 Å². The lowest BCUT2D eigenvalue weighted by molar-refractivity contribution is 0.0662. The average molecular weight is 596 g/mol. The zero-order valence-electron chi connectivity index (χ0n) is 23.4. The van der Waals surface area contributed by atoms with E-state index >= 15 is 0 Å². The van der Waals surface area contributed by atoms with E-state index in [1.807, 2.05) is 17.1 Å². The minimum atomic E-state index is -2.99. The van der Waals surface area contributed by atoms with Crippen molar-refractivity contribution in [3.63, 3.8) is 0 Å². The average Bonchev–Trinajstić information content (AvgIpc) is 3.31. The lowest BCUT2D eigenvalue weighted by Gasteiger charge is -2.41. The first-order valence-electron chi connectivity index (χ1n) is 13.9. The van der Waals surface area contributed by atoms with E-state index in [0.717, 1.165) is 42.4 Å². The molecular weight excluding hydrogens is 562 g/mol. The van der Waals surface area contributed by atoms with E-state index in [1.165, 1.54) is 11.8 Å². The third kappa shape index (κ3) is 6.02. The van der Waals surface area contributed by atoms with Gasteiger partial charge in [0.1, 0.15) is 21.5 Å². The third-order valence-electron chi connectivity index (χ3n) is 7.77. The van der Waals surface area contributed by atoms with Crippen molar-refractivity contribution in [3.05, 3.63) is 53.6 Å². The highest BCUT2D eigenvalue weighted by atomic mass is 35.5. The Kier molecular flexibility index (Phi) is 7.60. The SMILES string of the molecule is CC(C)c1ccc(N2CC(CS(C)(=O)=O)C2)c2cnc(Nc3ccnc(-c4cn(C5CCOCC5)nc4Cl)n3)cc12. The van der Waals surface area contributed by atoms with Gasteiger partial charge in [0.15, 0.2) is 11.0 Å². The molecule has 6 rings (SSSR count). The molecule has 5 heterocycles. The van der Waals surface area contributed by atoms with E-state index in [9.17, 15) is 8.42 Å². The molecule has 0 spiro atoms. The molecule has 2 aliphatic heterocycles. The van der Waals surface area contributed by atoms with Crippen LogP contribution in [0.25, 0.3) is 22.2 Å². The fourth-order valence-electron chi connectivity index (χ4n) is 5.74. The van der Waals surface area contributed by atoms with Gasteiger partial charge in [0.05, 0.1) is 17.4 Å². The lowest BCUT2D eigenvalue weighted by Crippen LogP contribution is -2.49. The number of benzene rings is 1. The molecule has 0 unspecified atom stereocenters. The van der Waals surface area contributed by atoms with Gasteiger partial charge in [-0.05, 0) is 47.9 Å². The minimum Gasteiger partial charge on any atom is -0.381 e. The number of ether oxygens (including phenoxy) is 1. The Labute approximate surface area is 245 Å². The van der Waals surface area contributed by atoms with Gasteiger partial charge in [-0.3, -0.25) is 4.68 Å². The molecule has 0 radical (unpaired) electrons. The number of sulfone groups is 1. The van der Waals surface area contributed by atoms with Crippen LogP contribution in [0.3, 0.4) is 0 Å². The van der Waals surface area contributed by atoms with Gasteiger partial charge < -0.3 is 15.0 Å². The maximum atomic E-state index is 11.7. The second-order valence-corrected chi connectivity index (χ2v) is 13.9. The Hall–Kier alpha value is -3.28. The minimum absolute atomic E-state index is 0.156. The number of nitrogens with one attached hydrogen (secondary N) is 1. The molecule has 0 amide bonds. The fourth-order valence-corrected chi connectivity index (χ4v) is 7.03. The van der Waals surface area contributed by atoms with Crippen LogP contribution in [-0.4, -0.2) is 71.5 Å². The topological polar surface area (TPSA) is 115 Å². The van der Waals surface area contributed by atoms with E-state index in [-0.39, 0.29) is 17.7 Å². The maximum absolute atomic E-state index is 11.7. The highest BCUT2D eigenvalue weighted by molar-refractivity contribution is 7.90. The Morgan fingerprint density at radius 3 is 2.61 bits per heavy atom. The summed E-state index contributed by atoms with van der Waals surface area (Å²) in [6, 6.07) is 8.40. The Balaban J connectivity index is 1.26. The van der Waals surface area contributed by atoms with E-state index in [0.29, 0.717) is 47.3 Å². The van der Waals surface area contributed by atoms with Gasteiger partial charge in [0.2, 0.25) is 0 Å². The number of aromatic nitrogens is 5. The molecule has 4 aromatic rings. The van der Waals surface area contributed by atoms with Crippen LogP contribution in [0.5, 0.6) is 0 Å². The van der Waals surface area contributed by atoms with Crippen LogP contribution in [0, 0.1) is 5.92 Å². The molecule has 1 aromatic carbocycles. The molecule has 2 saturated heterocycles. The zero-order chi connectivity index (χ0) is 28.7. The third-order valence-corrected chi connectivity index (χ3v) is 9.13. The molecule has 1 N–H and O–H groups in total. The molecule has 3 aromatic heterocycles. The molecule has 10 nitrogen and oxygen atoms in total. The normalized spacial score (nSPS) is 16.9. The van der Waals surface area contributed by atoms with Crippen LogP contribution in [0.15, 0.2) is 42.9 Å². The number of anilines is 3. The van der Waals surface area contributed by atoms with Crippen LogP contribution in [-0.2, 0) is 14.6 Å². The quantitative estimate of drug-likeness (QED) is 0.292. The molecule has 0 bridgehead atoms. The van der Waals surface area contributed by atoms with E-state index in [1.54, 1.807) is 12.3 Å². The highest BCUT2D eigenvalue weighted by Gasteiger charge is 2.31. The van der Waals surface area contributed by atoms with Gasteiger partial charge >= 0.3 is 0 Å². The van der Waals surface area contributed by atoms with E-state index in [2.05, 4.69) is 52.3 Å². The molecular formula is C29H34ClN7O3S. The molecule has 41 heavy (non-hydrogen) atoms. The van der Waals surface area contributed by atoms with Gasteiger partial charge in [-0.2, -0.15) is 5.10 Å². The first kappa shape index (κ1) is 27.9. The van der Waals surface area contributed by atoms with Crippen LogP contribution in [0.4, 0.5) is 17.3 Å². The monoisotopic (exact) mass is 595 g/mol. The largest absolute Gasteiger partial charge is 0.381 e. The van der Waals surface area contributed by atoms with Crippen LogP contribution in [0.1, 0.15) is 44.2 Å². The van der Waals surface area contributed by atoms with Crippen molar-refractivity contribution < 1.29 is 13.2 Å². The highest BCUT2D eigenvalue weighted by Crippen LogP contribution is 2.37. The van der Waals surface area contributed by atoms with E-state index < -0.39 is 9.84 Å². The Morgan fingerprint density at radius 2 is 1.88 bits per heavy atom. The van der Waals surface area contributed by atoms with Crippen molar-refractivity contribution >= 4 is 49.5 Å². The molecule has 0 atom stereocenters. The fraction of sp³-hybridized carbons (Fsp3) is 0.448. The molecule has 0 aliphatic carbocycles. The molecule has 2 fully saturated rings. The predicted molar refractivity (Wildman–Crippen MR) is 162 cm³/mol. The second kappa shape index (κ2) is 11.2. The first-order valence-corrected chi connectivity index (χ1v) is 16.4. The number of fused-ring (bicyclic) bond motifs is 1. The summed E-state index contributed by atoms with van der Waals surface area (Å²) in [5.41, 5.74) is 2.98. The zero-order valence-corrected chi connectivity index (χ0v) is 25.0. The number of nitrogens with zero attached hydrogens (tertiary/aromatic N) is 6. The number of hydrogen-bond donors (Lipinski definition) is 1. The lowest BCUT2D eigenvalue weighted by atomic mass is 9.93. The second-order valence-electron chi connectivity index (χ2n) is 11.4. The molecule has 216 valence electrons. The Morgan fingerprint density at radius 1 is 1.10 bits per heavy atom. The molecule has 2 aliphatic rings. The predicted octanol–water partition coefficient (Wildman–Crippen LogP) is 5.24. The number of hydrogen-bond acceptors (Lipinski definition) is 9. The summed E-state index contributed by atoms with van der Waals surface area (Å²) >= 11 is 6.51. The van der Waals surface area contributed by atoms with Crippen molar-refractivity contribution in [2.45, 2.75) is 38.6 Å². The summed E-state index contributed by atoms with van der Waals surface area (Å²) < 4.78 is 30.8. The standard InChI is InChI=1S/C29H34ClN7O3S/c1-18(2)21-4-5-25(36-14-19(15-36)17-41(3,38)39)23-13-32-27(12-22(21)23)33-26-6-9-31-29(34-26)24-16-37(35-28(24)30)20-7-10-40-11-8-20/h4-6,9,12-13,16,18-20H,7-8,10-11,14-15,17H2,1-3H3,(H,31,32,33,34). The van der Waals surface area contributed by atoms with Crippen LogP contribution in [0.2, 0.25) is 5.15 Å². The summed E-state index contributed by atoms with van der Waals surface area (Å²) in [5.74, 6) is 2.46. The number of halogens is 1. The van der Waals surface area contributed by atoms with Gasteiger partial charge in [0.25, 0.3) is 0 Å². The van der Waals surface area contributed by atoms with Crippen molar-refractivity contribution in [1.82, 2.24) is 24.7 Å². The number of pyridine rings is 1. The summed E-state index contributed by atoms with van der Waals surface area (Å²) in [5, 5.41) is 10.4. The molecule has 12 heteroatoms. The summed E-state index contributed by atoms with van der Waals surface area (Å²) in [7, 11) is -2.99. The molecule has 0 saturated carbocycles. The van der Waals surface area contributed by atoms with E-state index in [4.69, 9.17) is 26.3 Å². The summed E-state index contributed by atoms with van der Waals surface area (Å²) in [6.07, 6.45) is 8.59. The Bertz CT molecular complexity index is 1680. The first-order chi connectivity index (χ1) is 19.6. The van der Waals surface area contributed by atoms with Crippen molar-refractivity contribution in [2.75, 3.05) is 48.5 Å². The maximum Gasteiger partial charge on any atom is 0.166 e.